The van der Waals surface area contributed by atoms with E-state index in [0.29, 0.717) is 23.9 Å². The van der Waals surface area contributed by atoms with Crippen molar-refractivity contribution in [3.05, 3.63) is 109 Å². The van der Waals surface area contributed by atoms with Crippen LogP contribution in [0.5, 0.6) is 0 Å². The molecule has 0 aliphatic rings. The molecule has 0 aromatic heterocycles. The molecule has 0 heterocycles. The molecule has 2 unspecified atom stereocenters. The molecule has 0 bridgehead atoms. The molecule has 0 aromatic carbocycles. The smallest absolute Gasteiger partial charge is 0.306 e. The molecule has 2 atom stereocenters. The van der Waals surface area contributed by atoms with Crippen LogP contribution in [0, 0.1) is 0 Å². The predicted octanol–water partition coefficient (Wildman–Crippen LogP) is 11.1. The van der Waals surface area contributed by atoms with E-state index in [4.69, 9.17) is 18.9 Å². The van der Waals surface area contributed by atoms with Gasteiger partial charge in [-0.2, -0.15) is 0 Å². The summed E-state index contributed by atoms with van der Waals surface area (Å²) in [6, 6.07) is 0. The predicted molar refractivity (Wildman–Crippen MR) is 250 cm³/mol. The number of rotatable bonds is 40. The Kier molecular flexibility index (Phi) is 39.8. The normalized spacial score (nSPS) is 13.9. The van der Waals surface area contributed by atoms with Crippen molar-refractivity contribution in [3.63, 3.8) is 0 Å². The quantitative estimate of drug-likeness (QED) is 0.0197. The Morgan fingerprint density at radius 1 is 0.492 bits per heavy atom. The highest BCUT2D eigenvalue weighted by Crippen LogP contribution is 2.12. The summed E-state index contributed by atoms with van der Waals surface area (Å²) in [5.74, 6) is -2.43. The average Bonchev–Trinajstić information content (AvgIpc) is 3.22. The molecule has 0 amide bonds. The number of ether oxygens (including phenoxy) is 4. The van der Waals surface area contributed by atoms with Gasteiger partial charge >= 0.3 is 11.9 Å². The summed E-state index contributed by atoms with van der Waals surface area (Å²) in [7, 11) is 5.87. The van der Waals surface area contributed by atoms with Crippen molar-refractivity contribution in [1.29, 1.82) is 0 Å². The number of unbranched alkanes of at least 4 members (excludes halogenated alkanes) is 7. The van der Waals surface area contributed by atoms with Gasteiger partial charge in [0, 0.05) is 12.8 Å². The highest BCUT2D eigenvalue weighted by molar-refractivity contribution is 5.70. The minimum absolute atomic E-state index is 0.128. The number of carbonyl (C=O) groups excluding carboxylic acids is 3. The van der Waals surface area contributed by atoms with Crippen molar-refractivity contribution in [2.75, 3.05) is 47.5 Å². The van der Waals surface area contributed by atoms with Crippen LogP contribution in [0.1, 0.15) is 142 Å². The molecule has 344 valence electrons. The molecule has 0 aliphatic heterocycles. The van der Waals surface area contributed by atoms with Crippen molar-refractivity contribution in [3.8, 4) is 0 Å². The lowest BCUT2D eigenvalue weighted by atomic mass is 10.1. The molecule has 0 aromatic rings. The molecule has 61 heavy (non-hydrogen) atoms. The summed E-state index contributed by atoms with van der Waals surface area (Å²) in [6.45, 7) is 4.37. The van der Waals surface area contributed by atoms with Crippen LogP contribution in [0.3, 0.4) is 0 Å². The minimum Gasteiger partial charge on any atom is -0.545 e. The molecule has 0 fully saturated rings. The topological polar surface area (TPSA) is 111 Å². The number of likely N-dealkylation sites (N-methyl/N-ethyl adjacent to an activating group) is 1. The Morgan fingerprint density at radius 3 is 1.38 bits per heavy atom. The van der Waals surface area contributed by atoms with Gasteiger partial charge in [-0.05, 0) is 83.5 Å². The van der Waals surface area contributed by atoms with Gasteiger partial charge in [0.05, 0.1) is 40.3 Å². The molecule has 0 aliphatic carbocycles. The first kappa shape index (κ1) is 57.0. The molecule has 0 N–H and O–H groups in total. The summed E-state index contributed by atoms with van der Waals surface area (Å²) in [5.41, 5.74) is 0. The maximum absolute atomic E-state index is 12.8. The Balaban J connectivity index is 4.49. The highest BCUT2D eigenvalue weighted by atomic mass is 16.7. The van der Waals surface area contributed by atoms with Crippen LogP contribution in [-0.2, 0) is 33.3 Å². The largest absolute Gasteiger partial charge is 0.545 e. The van der Waals surface area contributed by atoms with Gasteiger partial charge in [0.15, 0.2) is 12.4 Å². The minimum atomic E-state index is -1.64. The number of esters is 2. The number of carbonyl (C=O) groups is 3. The first-order valence-electron chi connectivity index (χ1n) is 23.0. The van der Waals surface area contributed by atoms with Crippen LogP contribution >= 0.6 is 0 Å². The van der Waals surface area contributed by atoms with Crippen LogP contribution in [0.15, 0.2) is 109 Å². The third-order valence-electron chi connectivity index (χ3n) is 9.03. The van der Waals surface area contributed by atoms with Gasteiger partial charge in [0.1, 0.15) is 13.2 Å². The lowest BCUT2D eigenvalue weighted by Crippen LogP contribution is -2.44. The zero-order valence-corrected chi connectivity index (χ0v) is 38.7. The Bertz CT molecular complexity index is 1360. The van der Waals surface area contributed by atoms with E-state index in [1.807, 2.05) is 33.3 Å². The Hall–Kier alpha value is -4.05. The summed E-state index contributed by atoms with van der Waals surface area (Å²) < 4.78 is 22.4. The number of nitrogens with zero attached hydrogens (tertiary/aromatic N) is 1. The van der Waals surface area contributed by atoms with Crippen LogP contribution < -0.4 is 5.11 Å². The van der Waals surface area contributed by atoms with Gasteiger partial charge in [0.2, 0.25) is 0 Å². The summed E-state index contributed by atoms with van der Waals surface area (Å²) in [5, 5.41) is 11.7. The number of quaternary nitrogens is 1. The lowest BCUT2D eigenvalue weighted by molar-refractivity contribution is -0.870. The molecule has 0 radical (unpaired) electrons. The molecule has 9 nitrogen and oxygen atoms in total. The summed E-state index contributed by atoms with van der Waals surface area (Å²) in [4.78, 5) is 37.0. The van der Waals surface area contributed by atoms with Gasteiger partial charge in [-0.15, -0.1) is 0 Å². The van der Waals surface area contributed by atoms with Crippen molar-refractivity contribution in [1.82, 2.24) is 0 Å². The second kappa shape index (κ2) is 42.6. The van der Waals surface area contributed by atoms with E-state index in [-0.39, 0.29) is 32.7 Å². The zero-order valence-electron chi connectivity index (χ0n) is 38.7. The Labute approximate surface area is 371 Å². The van der Waals surface area contributed by atoms with Gasteiger partial charge in [-0.1, -0.05) is 155 Å². The van der Waals surface area contributed by atoms with E-state index >= 15 is 0 Å². The van der Waals surface area contributed by atoms with Crippen molar-refractivity contribution < 1.29 is 42.9 Å². The fraction of sp³-hybridized carbons (Fsp3) is 0.596. The maximum Gasteiger partial charge on any atom is 0.306 e. The molecule has 0 saturated carbocycles. The van der Waals surface area contributed by atoms with E-state index < -0.39 is 30.3 Å². The SMILES string of the molecule is CC/C=C\C/C=C\C/C=C\C/C=C\C/C=C\CCCCCCCCCC(=O)OC(COC(=O)CC/C=C\C/C=C\C/C=C\C/C=C\CC)COC(OCC[N+](C)(C)C)C(=O)[O-]. The molecule has 0 spiro atoms. The van der Waals surface area contributed by atoms with Crippen molar-refractivity contribution in [2.45, 2.75) is 155 Å². The lowest BCUT2D eigenvalue weighted by Gasteiger charge is -2.26. The first-order chi connectivity index (χ1) is 29.6. The van der Waals surface area contributed by atoms with Crippen LogP contribution in [0.25, 0.3) is 0 Å². The van der Waals surface area contributed by atoms with E-state index in [0.717, 1.165) is 83.5 Å². The number of carboxylic acids is 1. The average molecular weight is 850 g/mol. The third kappa shape index (κ3) is 43.8. The highest BCUT2D eigenvalue weighted by Gasteiger charge is 2.21. The molecule has 0 saturated heterocycles. The maximum atomic E-state index is 12.8. The summed E-state index contributed by atoms with van der Waals surface area (Å²) >= 11 is 0. The third-order valence-corrected chi connectivity index (χ3v) is 9.03. The Morgan fingerprint density at radius 2 is 0.918 bits per heavy atom. The van der Waals surface area contributed by atoms with Crippen molar-refractivity contribution in [2.24, 2.45) is 0 Å². The monoisotopic (exact) mass is 850 g/mol. The van der Waals surface area contributed by atoms with Gasteiger partial charge in [0.25, 0.3) is 0 Å². The van der Waals surface area contributed by atoms with Crippen LogP contribution in [-0.4, -0.2) is 82.3 Å². The van der Waals surface area contributed by atoms with Crippen molar-refractivity contribution >= 4 is 17.9 Å². The van der Waals surface area contributed by atoms with E-state index in [2.05, 4.69) is 111 Å². The fourth-order valence-corrected chi connectivity index (χ4v) is 5.51. The first-order valence-corrected chi connectivity index (χ1v) is 23.0. The van der Waals surface area contributed by atoms with E-state index in [1.54, 1.807) is 0 Å². The molecular formula is C52H83NO8. The zero-order chi connectivity index (χ0) is 44.9. The van der Waals surface area contributed by atoms with E-state index in [1.165, 1.54) is 19.3 Å². The van der Waals surface area contributed by atoms with Gasteiger partial charge in [-0.25, -0.2) is 0 Å². The fourth-order valence-electron chi connectivity index (χ4n) is 5.51. The summed E-state index contributed by atoms with van der Waals surface area (Å²) in [6.07, 6.45) is 54.3. The number of hydrogen-bond donors (Lipinski definition) is 0. The van der Waals surface area contributed by atoms with Crippen LogP contribution in [0.4, 0.5) is 0 Å². The number of carboxylic acid groups (broad SMARTS) is 1. The molecular weight excluding hydrogens is 767 g/mol. The molecule has 0 rings (SSSR count). The number of allylic oxidation sites excluding steroid dienone is 18. The second-order valence-electron chi connectivity index (χ2n) is 15.9. The standard InChI is InChI=1S/C52H83NO8/c1-6-8-10-12-14-16-18-20-21-22-23-24-25-26-27-28-29-31-33-35-37-39-41-43-50(55)61-48(47-60-52(51(56)57)58-45-44-53(3,4)5)46-59-49(54)42-40-38-36-34-32-30-19-17-15-13-11-9-7-2/h8-11,14-17,20-21,23-24,26-27,30,32,36,38,48,52H,6-7,12-13,18-19,22,25,28-29,31,33-35,37,39-47H2,1-5H3/b10-8-,11-9-,16-14-,17-15-,21-20-,24-23-,27-26-,32-30-,38-36-. The second-order valence-corrected chi connectivity index (χ2v) is 15.9. The van der Waals surface area contributed by atoms with Gasteiger partial charge in [-0.3, -0.25) is 9.59 Å². The van der Waals surface area contributed by atoms with Gasteiger partial charge < -0.3 is 33.3 Å². The van der Waals surface area contributed by atoms with E-state index in [9.17, 15) is 19.5 Å². The van der Waals surface area contributed by atoms with Crippen LogP contribution in [0.2, 0.25) is 0 Å². The molecule has 9 heteroatoms. The number of aliphatic carboxylic acids is 1. The number of hydrogen-bond acceptors (Lipinski definition) is 8.